The van der Waals surface area contributed by atoms with Gasteiger partial charge in [-0.1, -0.05) is 23.7 Å². The molecule has 0 spiro atoms. The summed E-state index contributed by atoms with van der Waals surface area (Å²) < 4.78 is 44.2. The van der Waals surface area contributed by atoms with E-state index in [1.807, 2.05) is 52.8 Å². The Balaban J connectivity index is 0.000000234. The number of rotatable bonds is 4. The number of halogens is 6. The van der Waals surface area contributed by atoms with E-state index in [0.717, 1.165) is 33.1 Å². The number of imidazole rings is 1. The zero-order chi connectivity index (χ0) is 21.6. The average Bonchev–Trinajstić information content (AvgIpc) is 2.96. The van der Waals surface area contributed by atoms with Crippen LogP contribution in [-0.4, -0.2) is 10.5 Å². The zero-order valence-corrected chi connectivity index (χ0v) is 22.5. The summed E-state index contributed by atoms with van der Waals surface area (Å²) in [5.41, 5.74) is 1.51. The molecule has 0 aliphatic carbocycles. The van der Waals surface area contributed by atoms with Crippen molar-refractivity contribution in [1.29, 1.82) is 0 Å². The summed E-state index contributed by atoms with van der Waals surface area (Å²) in [5.74, 6) is 0. The van der Waals surface area contributed by atoms with Gasteiger partial charge in [0.2, 0.25) is 0 Å². The van der Waals surface area contributed by atoms with Gasteiger partial charge in [-0.3, -0.25) is 0 Å². The molecule has 0 saturated carbocycles. The molecule has 0 unspecified atom stereocenters. The topological polar surface area (TPSA) is 13.1 Å². The number of hydrogen-bond acceptors (Lipinski definition) is 1. The molecule has 160 valence electrons. The Morgan fingerprint density at radius 3 is 1.97 bits per heavy atom. The molecule has 0 saturated heterocycles. The van der Waals surface area contributed by atoms with Crippen LogP contribution in [0, 0.1) is 3.80 Å². The molecule has 29 heavy (non-hydrogen) atoms. The van der Waals surface area contributed by atoms with Gasteiger partial charge in [-0.25, -0.2) is 0 Å². The maximum absolute atomic E-state index is 12.4. The SMILES string of the molecule is Clc1ccc(CN(I)I)cc1.Cn1ccn(Cc2ccc(C(F)(F)F)cc2)[c]1=[Pt]. The van der Waals surface area contributed by atoms with Crippen LogP contribution in [0.5, 0.6) is 0 Å². The molecule has 3 aromatic rings. The first-order chi connectivity index (χ1) is 13.6. The Bertz CT molecular complexity index is 968. The number of alkyl halides is 3. The first kappa shape index (κ1) is 25.1. The van der Waals surface area contributed by atoms with E-state index in [-0.39, 0.29) is 0 Å². The van der Waals surface area contributed by atoms with Crippen molar-refractivity contribution < 1.29 is 32.5 Å². The molecule has 0 aliphatic heterocycles. The Labute approximate surface area is 211 Å². The number of aromatic nitrogens is 2. The fraction of sp³-hybridized carbons (Fsp3) is 0.211. The van der Waals surface area contributed by atoms with Crippen LogP contribution >= 0.6 is 57.3 Å². The standard InChI is InChI=1S/C12H11F3N2.C7H6ClI2N.Pt/c1-16-6-7-17(9-16)8-10-2-4-11(5-3-10)12(13,14)15;8-7-3-1-6(2-4-7)5-11(9)10;/h2-7H,8H2,1H3;1-4H,5H2;. The molecule has 10 heteroatoms. The van der Waals surface area contributed by atoms with Crippen LogP contribution in [0.15, 0.2) is 60.9 Å². The predicted octanol–water partition coefficient (Wildman–Crippen LogP) is 6.81. The molecule has 2 aromatic carbocycles. The first-order valence-electron chi connectivity index (χ1n) is 8.23. The van der Waals surface area contributed by atoms with Gasteiger partial charge in [-0.05, 0) is 17.7 Å². The summed E-state index contributed by atoms with van der Waals surface area (Å²) >= 11 is 12.4. The molecule has 0 bridgehead atoms. The summed E-state index contributed by atoms with van der Waals surface area (Å²) in [6, 6.07) is 13.1. The molecule has 0 N–H and O–H groups in total. The molecule has 3 rings (SSSR count). The Morgan fingerprint density at radius 1 is 0.966 bits per heavy atom. The van der Waals surface area contributed by atoms with Gasteiger partial charge < -0.3 is 0 Å². The Hall–Kier alpha value is -0.162. The molecular formula is C19H17ClF3I2N3Pt. The third-order valence-electron chi connectivity index (χ3n) is 3.81. The zero-order valence-electron chi connectivity index (χ0n) is 15.1. The van der Waals surface area contributed by atoms with Crippen molar-refractivity contribution in [1.82, 2.24) is 10.5 Å². The van der Waals surface area contributed by atoms with Crippen molar-refractivity contribution in [3.05, 3.63) is 86.4 Å². The minimum atomic E-state index is -4.27. The third kappa shape index (κ3) is 8.47. The van der Waals surface area contributed by atoms with Gasteiger partial charge in [0, 0.05) is 57.3 Å². The molecule has 0 atom stereocenters. The van der Waals surface area contributed by atoms with Gasteiger partial charge in [0.1, 0.15) is 0 Å². The second kappa shape index (κ2) is 11.5. The maximum atomic E-state index is 12.4. The van der Waals surface area contributed by atoms with E-state index >= 15 is 0 Å². The van der Waals surface area contributed by atoms with Crippen LogP contribution in [0.2, 0.25) is 5.02 Å². The third-order valence-corrected chi connectivity index (χ3v) is 6.20. The van der Waals surface area contributed by atoms with Crippen molar-refractivity contribution in [3.63, 3.8) is 0 Å². The van der Waals surface area contributed by atoms with E-state index in [2.05, 4.69) is 66.4 Å². The van der Waals surface area contributed by atoms with Crippen LogP contribution in [0.25, 0.3) is 0 Å². The van der Waals surface area contributed by atoms with Crippen LogP contribution in [0.1, 0.15) is 16.7 Å². The number of aryl methyl sites for hydroxylation is 1. The van der Waals surface area contributed by atoms with E-state index in [1.54, 1.807) is 0 Å². The van der Waals surface area contributed by atoms with E-state index in [4.69, 9.17) is 11.6 Å². The van der Waals surface area contributed by atoms with E-state index in [9.17, 15) is 13.2 Å². The fourth-order valence-electron chi connectivity index (χ4n) is 2.33. The van der Waals surface area contributed by atoms with Gasteiger partial charge in [0.15, 0.2) is 0 Å². The minimum absolute atomic E-state index is 0.567. The predicted molar refractivity (Wildman–Crippen MR) is 122 cm³/mol. The van der Waals surface area contributed by atoms with Crippen LogP contribution < -0.4 is 0 Å². The monoisotopic (exact) mass is 828 g/mol. The van der Waals surface area contributed by atoms with E-state index < -0.39 is 11.7 Å². The normalized spacial score (nSPS) is 11.4. The average molecular weight is 829 g/mol. The van der Waals surface area contributed by atoms with Crippen LogP contribution in [0.3, 0.4) is 0 Å². The summed E-state index contributed by atoms with van der Waals surface area (Å²) in [4.78, 5) is 0. The molecule has 0 amide bonds. The Morgan fingerprint density at radius 2 is 1.52 bits per heavy atom. The molecule has 0 aliphatic rings. The summed E-state index contributed by atoms with van der Waals surface area (Å²) in [6.07, 6.45) is -0.459. The Kier molecular flexibility index (Phi) is 9.92. The molecule has 0 radical (unpaired) electrons. The van der Waals surface area contributed by atoms with Crippen molar-refractivity contribution >= 4 is 57.3 Å². The van der Waals surface area contributed by atoms with Gasteiger partial charge in [-0.2, -0.15) is 1.33 Å². The molecule has 1 aromatic heterocycles. The van der Waals surface area contributed by atoms with Crippen molar-refractivity contribution in [3.8, 4) is 0 Å². The van der Waals surface area contributed by atoms with Crippen LogP contribution in [0.4, 0.5) is 13.2 Å². The van der Waals surface area contributed by atoms with Gasteiger partial charge >= 0.3 is 113 Å². The quantitative estimate of drug-likeness (QED) is 0.208. The second-order valence-corrected chi connectivity index (χ2v) is 11.7. The van der Waals surface area contributed by atoms with Crippen molar-refractivity contribution in [2.45, 2.75) is 19.3 Å². The summed E-state index contributed by atoms with van der Waals surface area (Å²) in [5, 5.41) is 0.794. The fourth-order valence-corrected chi connectivity index (χ4v) is 3.77. The van der Waals surface area contributed by atoms with Gasteiger partial charge in [0.05, 0.1) is 0 Å². The van der Waals surface area contributed by atoms with Crippen LogP contribution in [-0.2, 0) is 45.7 Å². The molecular weight excluding hydrogens is 812 g/mol. The van der Waals surface area contributed by atoms with Crippen molar-refractivity contribution in [2.24, 2.45) is 7.05 Å². The first-order valence-corrected chi connectivity index (χ1v) is 11.7. The van der Waals surface area contributed by atoms with Gasteiger partial charge in [-0.15, -0.1) is 0 Å². The number of nitrogens with zero attached hydrogens (tertiary/aromatic N) is 3. The van der Waals surface area contributed by atoms with E-state index in [1.165, 1.54) is 17.7 Å². The molecule has 3 nitrogen and oxygen atoms in total. The summed E-state index contributed by atoms with van der Waals surface area (Å²) in [6.45, 7) is 1.51. The van der Waals surface area contributed by atoms with E-state index in [0.29, 0.717) is 6.54 Å². The second-order valence-electron chi connectivity index (χ2n) is 6.06. The summed E-state index contributed by atoms with van der Waals surface area (Å²) in [7, 11) is 1.92. The van der Waals surface area contributed by atoms with Gasteiger partial charge in [0.25, 0.3) is 0 Å². The number of benzene rings is 2. The molecule has 1 heterocycles. The van der Waals surface area contributed by atoms with Crippen molar-refractivity contribution in [2.75, 3.05) is 0 Å². The molecule has 0 fully saturated rings. The number of hydrogen-bond donors (Lipinski definition) is 0.